The molecule has 3 rings (SSSR count). The smallest absolute Gasteiger partial charge is 0.382 e. The van der Waals surface area contributed by atoms with Gasteiger partial charge < -0.3 is 27.1 Å². The summed E-state index contributed by atoms with van der Waals surface area (Å²) in [5.41, 5.74) is 25.1. The van der Waals surface area contributed by atoms with Crippen molar-refractivity contribution in [1.82, 2.24) is 15.3 Å². The SMILES string of the molecule is CCc1nc(C(=O)NC(N)=NCCCCc2ccc3cc(CSOC(N)=O)ccc3c2)c(N)nc1N. The number of guanidine groups is 1. The van der Waals surface area contributed by atoms with Crippen molar-refractivity contribution in [3.8, 4) is 0 Å². The van der Waals surface area contributed by atoms with Crippen LogP contribution in [0.2, 0.25) is 0 Å². The van der Waals surface area contributed by atoms with Gasteiger partial charge in [-0.3, -0.25) is 15.1 Å². The number of rotatable bonds is 10. The number of nitrogens with zero attached hydrogens (tertiary/aromatic N) is 3. The monoisotopic (exact) mass is 510 g/mol. The highest BCUT2D eigenvalue weighted by atomic mass is 32.2. The highest BCUT2D eigenvalue weighted by Crippen LogP contribution is 2.22. The van der Waals surface area contributed by atoms with Crippen LogP contribution in [0.3, 0.4) is 0 Å². The Morgan fingerprint density at radius 1 is 1.00 bits per heavy atom. The van der Waals surface area contributed by atoms with E-state index in [2.05, 4.69) is 44.5 Å². The summed E-state index contributed by atoms with van der Waals surface area (Å²) in [5, 5.41) is 4.74. The van der Waals surface area contributed by atoms with Crippen LogP contribution in [-0.4, -0.2) is 34.5 Å². The van der Waals surface area contributed by atoms with E-state index in [1.54, 1.807) is 0 Å². The summed E-state index contributed by atoms with van der Waals surface area (Å²) < 4.78 is 4.72. The van der Waals surface area contributed by atoms with Gasteiger partial charge in [-0.15, -0.1) is 0 Å². The van der Waals surface area contributed by atoms with E-state index >= 15 is 0 Å². The number of fused-ring (bicyclic) bond motifs is 1. The highest BCUT2D eigenvalue weighted by Gasteiger charge is 2.16. The predicted octanol–water partition coefficient (Wildman–Crippen LogP) is 2.67. The molecule has 1 aromatic heterocycles. The lowest BCUT2D eigenvalue weighted by molar-refractivity contribution is 0.0972. The molecule has 36 heavy (non-hydrogen) atoms. The van der Waals surface area contributed by atoms with E-state index in [1.807, 2.05) is 19.1 Å². The van der Waals surface area contributed by atoms with Gasteiger partial charge in [-0.1, -0.05) is 43.3 Å². The number of anilines is 2. The van der Waals surface area contributed by atoms with Gasteiger partial charge in [0.15, 0.2) is 17.5 Å². The Kier molecular flexibility index (Phi) is 9.28. The maximum absolute atomic E-state index is 12.4. The molecular formula is C24H30N8O3S. The molecule has 0 atom stereocenters. The molecule has 2 amide bonds. The fraction of sp³-hybridized carbons (Fsp3) is 0.292. The van der Waals surface area contributed by atoms with Gasteiger partial charge in [-0.2, -0.15) is 0 Å². The van der Waals surface area contributed by atoms with Crippen molar-refractivity contribution in [1.29, 1.82) is 0 Å². The molecule has 0 aliphatic rings. The van der Waals surface area contributed by atoms with Crippen LogP contribution in [0.25, 0.3) is 10.8 Å². The fourth-order valence-corrected chi connectivity index (χ4v) is 4.02. The van der Waals surface area contributed by atoms with Gasteiger partial charge in [0.25, 0.3) is 5.91 Å². The fourth-order valence-electron chi connectivity index (χ4n) is 3.53. The maximum atomic E-state index is 12.4. The summed E-state index contributed by atoms with van der Waals surface area (Å²) >= 11 is 1.01. The molecule has 3 aromatic rings. The summed E-state index contributed by atoms with van der Waals surface area (Å²) in [6.45, 7) is 2.32. The Morgan fingerprint density at radius 3 is 2.39 bits per heavy atom. The van der Waals surface area contributed by atoms with Crippen molar-refractivity contribution in [2.24, 2.45) is 16.5 Å². The Bertz CT molecular complexity index is 1280. The molecule has 11 nitrogen and oxygen atoms in total. The third-order valence-electron chi connectivity index (χ3n) is 5.31. The zero-order valence-corrected chi connectivity index (χ0v) is 20.8. The second-order valence-electron chi connectivity index (χ2n) is 8.00. The lowest BCUT2D eigenvalue weighted by Gasteiger charge is -2.09. The number of primary amides is 1. The van der Waals surface area contributed by atoms with Crippen LogP contribution in [-0.2, 0) is 22.8 Å². The summed E-state index contributed by atoms with van der Waals surface area (Å²) in [7, 11) is 0. The number of aromatic nitrogens is 2. The number of carbonyl (C=O) groups is 2. The topological polar surface area (TPSA) is 198 Å². The molecular weight excluding hydrogens is 480 g/mol. The standard InChI is InChI=1S/C24H30N8O3S/c1-2-18-20(25)31-21(26)19(30-18)22(33)32-23(27)29-10-4-3-5-14-6-8-17-12-15(7-9-16(17)11-14)13-36-35-24(28)34/h6-9,11-12H,2-5,10,13H2,1H3,(H2,28,34)(H4,25,26,31)(H3,27,29,32,33). The molecule has 0 bridgehead atoms. The van der Waals surface area contributed by atoms with Crippen molar-refractivity contribution in [2.75, 3.05) is 18.0 Å². The molecule has 0 radical (unpaired) electrons. The van der Waals surface area contributed by atoms with Crippen LogP contribution in [0, 0.1) is 0 Å². The number of nitrogens with one attached hydrogen (secondary N) is 1. The first-order chi connectivity index (χ1) is 17.3. The van der Waals surface area contributed by atoms with E-state index in [0.29, 0.717) is 24.4 Å². The van der Waals surface area contributed by atoms with Crippen LogP contribution < -0.4 is 28.3 Å². The van der Waals surface area contributed by atoms with Crippen molar-refractivity contribution >= 4 is 52.4 Å². The van der Waals surface area contributed by atoms with Crippen molar-refractivity contribution in [2.45, 2.75) is 38.4 Å². The Morgan fingerprint density at radius 2 is 1.69 bits per heavy atom. The number of aryl methyl sites for hydroxylation is 2. The molecule has 9 N–H and O–H groups in total. The Hall–Kier alpha value is -4.06. The molecule has 0 unspecified atom stereocenters. The lowest BCUT2D eigenvalue weighted by Crippen LogP contribution is -2.38. The van der Waals surface area contributed by atoms with Gasteiger partial charge in [-0.05, 0) is 47.6 Å². The Labute approximate surface area is 213 Å². The third kappa shape index (κ3) is 7.47. The van der Waals surface area contributed by atoms with Gasteiger partial charge in [0.05, 0.1) is 23.5 Å². The number of unbranched alkanes of at least 4 members (excludes halogenated alkanes) is 1. The van der Waals surface area contributed by atoms with Crippen LogP contribution in [0.15, 0.2) is 41.4 Å². The Balaban J connectivity index is 1.46. The molecule has 0 fully saturated rings. The molecule has 190 valence electrons. The second kappa shape index (κ2) is 12.6. The molecule has 0 aliphatic heterocycles. The quantitative estimate of drug-likeness (QED) is 0.118. The largest absolute Gasteiger partial charge is 0.416 e. The zero-order chi connectivity index (χ0) is 26.1. The lowest BCUT2D eigenvalue weighted by atomic mass is 10.0. The van der Waals surface area contributed by atoms with E-state index < -0.39 is 12.0 Å². The van der Waals surface area contributed by atoms with E-state index in [-0.39, 0.29) is 23.3 Å². The summed E-state index contributed by atoms with van der Waals surface area (Å²) in [5.74, 6) is 0.102. The first-order valence-corrected chi connectivity index (χ1v) is 12.3. The third-order valence-corrected chi connectivity index (χ3v) is 6.04. The van der Waals surface area contributed by atoms with Crippen LogP contribution in [0.1, 0.15) is 47.1 Å². The normalized spacial score (nSPS) is 11.4. The number of nitrogen functional groups attached to an aromatic ring is 2. The zero-order valence-electron chi connectivity index (χ0n) is 20.0. The minimum atomic E-state index is -0.799. The van der Waals surface area contributed by atoms with Crippen LogP contribution in [0.5, 0.6) is 0 Å². The van der Waals surface area contributed by atoms with Crippen molar-refractivity contribution in [3.05, 3.63) is 58.9 Å². The minimum absolute atomic E-state index is 0.00280. The minimum Gasteiger partial charge on any atom is -0.382 e. The molecule has 2 aromatic carbocycles. The average Bonchev–Trinajstić information content (AvgIpc) is 2.83. The van der Waals surface area contributed by atoms with Crippen molar-refractivity contribution < 1.29 is 13.8 Å². The van der Waals surface area contributed by atoms with Gasteiger partial charge in [0.2, 0.25) is 0 Å². The molecule has 0 saturated carbocycles. The van der Waals surface area contributed by atoms with Gasteiger partial charge in [0.1, 0.15) is 5.82 Å². The molecule has 0 aliphatic carbocycles. The number of benzene rings is 2. The van der Waals surface area contributed by atoms with Crippen LogP contribution >= 0.6 is 12.0 Å². The average molecular weight is 511 g/mol. The molecule has 12 heteroatoms. The number of amides is 2. The van der Waals surface area contributed by atoms with E-state index in [1.165, 1.54) is 5.56 Å². The number of carbonyl (C=O) groups excluding carboxylic acids is 2. The highest BCUT2D eigenvalue weighted by molar-refractivity contribution is 7.94. The number of hydrogen-bond donors (Lipinski definition) is 5. The number of hydrogen-bond acceptors (Lipinski definition) is 9. The van der Waals surface area contributed by atoms with Gasteiger partial charge in [0, 0.05) is 6.54 Å². The molecule has 1 heterocycles. The molecule has 0 saturated heterocycles. The van der Waals surface area contributed by atoms with E-state index in [9.17, 15) is 9.59 Å². The summed E-state index contributed by atoms with van der Waals surface area (Å²) in [6, 6.07) is 12.5. The van der Waals surface area contributed by atoms with E-state index in [0.717, 1.165) is 47.6 Å². The van der Waals surface area contributed by atoms with E-state index in [4.69, 9.17) is 27.1 Å². The summed E-state index contributed by atoms with van der Waals surface area (Å²) in [4.78, 5) is 35.4. The van der Waals surface area contributed by atoms with Crippen LogP contribution in [0.4, 0.5) is 16.4 Å². The van der Waals surface area contributed by atoms with Gasteiger partial charge in [-0.25, -0.2) is 14.8 Å². The predicted molar refractivity (Wildman–Crippen MR) is 143 cm³/mol. The van der Waals surface area contributed by atoms with Gasteiger partial charge >= 0.3 is 6.09 Å². The molecule has 0 spiro atoms. The first-order valence-electron chi connectivity index (χ1n) is 11.4. The second-order valence-corrected chi connectivity index (χ2v) is 8.69. The van der Waals surface area contributed by atoms with Crippen molar-refractivity contribution in [3.63, 3.8) is 0 Å². The number of aliphatic imine (C=N–C) groups is 1. The maximum Gasteiger partial charge on any atom is 0.416 e. The number of nitrogens with two attached hydrogens (primary N) is 4. The summed E-state index contributed by atoms with van der Waals surface area (Å²) in [6.07, 6.45) is 2.32. The first kappa shape index (κ1) is 26.5.